The molecule has 0 radical (unpaired) electrons. The van der Waals surface area contributed by atoms with Crippen LogP contribution in [0.2, 0.25) is 0 Å². The monoisotopic (exact) mass is 508 g/mol. The topological polar surface area (TPSA) is 51.0 Å². The van der Waals surface area contributed by atoms with Gasteiger partial charge in [0.05, 0.1) is 5.69 Å². The Morgan fingerprint density at radius 2 is 1.91 bits per heavy atom. The van der Waals surface area contributed by atoms with Gasteiger partial charge in [-0.25, -0.2) is 4.98 Å². The third-order valence-electron chi connectivity index (χ3n) is 8.13. The normalized spacial score (nSPS) is 30.0. The Kier molecular flexibility index (Phi) is 6.85. The van der Waals surface area contributed by atoms with E-state index in [-0.39, 0.29) is 11.7 Å². The highest BCUT2D eigenvalue weighted by molar-refractivity contribution is 7.84. The number of rotatable bonds is 7. The van der Waals surface area contributed by atoms with E-state index in [1.54, 1.807) is 6.07 Å². The highest BCUT2D eigenvalue weighted by atomic mass is 32.2. The molecule has 2 aliphatic carbocycles. The van der Waals surface area contributed by atoms with Gasteiger partial charge in [0.25, 0.3) is 0 Å². The molecule has 2 saturated carbocycles. The van der Waals surface area contributed by atoms with Gasteiger partial charge >= 0.3 is 6.18 Å². The molecular weight excluding hydrogens is 473 g/mol. The third-order valence-corrected chi connectivity index (χ3v) is 9.61. The molecule has 0 spiro atoms. The van der Waals surface area contributed by atoms with Gasteiger partial charge in [-0.2, -0.15) is 18.3 Å². The Hall–Kier alpha value is -1.74. The Labute approximate surface area is 207 Å². The zero-order valence-electron chi connectivity index (χ0n) is 20.7. The summed E-state index contributed by atoms with van der Waals surface area (Å²) in [6.45, 7) is 8.33. The summed E-state index contributed by atoms with van der Waals surface area (Å²) in [5.74, 6) is 3.77. The zero-order chi connectivity index (χ0) is 24.9. The number of hydrogen-bond donors (Lipinski definition) is 0. The molecule has 3 aliphatic rings. The number of hydrogen-bond acceptors (Lipinski definition) is 4. The van der Waals surface area contributed by atoms with Crippen LogP contribution in [0, 0.1) is 17.8 Å². The summed E-state index contributed by atoms with van der Waals surface area (Å²) in [4.78, 5) is 6.50. The van der Waals surface area contributed by atoms with Crippen LogP contribution in [0.4, 0.5) is 13.2 Å². The van der Waals surface area contributed by atoms with Crippen molar-refractivity contribution in [2.75, 3.05) is 24.6 Å². The maximum Gasteiger partial charge on any atom is 0.433 e. The SMILES string of the molecule is CCS(=O)CC1CCCN(C2CC3C(C2)C3c2cc(-c3cccc(C(F)(F)F)n3)nn2C(C)C)C1. The van der Waals surface area contributed by atoms with Crippen molar-refractivity contribution in [1.29, 1.82) is 0 Å². The molecule has 35 heavy (non-hydrogen) atoms. The molecule has 4 atom stereocenters. The Bertz CT molecular complexity index is 1070. The van der Waals surface area contributed by atoms with E-state index in [1.807, 2.05) is 17.7 Å². The van der Waals surface area contributed by atoms with E-state index in [2.05, 4.69) is 23.7 Å². The van der Waals surface area contributed by atoms with E-state index in [9.17, 15) is 17.4 Å². The molecule has 2 aromatic rings. The summed E-state index contributed by atoms with van der Waals surface area (Å²) >= 11 is 0. The second-order valence-corrected chi connectivity index (χ2v) is 12.6. The first kappa shape index (κ1) is 24.9. The largest absolute Gasteiger partial charge is 0.433 e. The van der Waals surface area contributed by atoms with Crippen LogP contribution in [-0.2, 0) is 17.0 Å². The number of nitrogens with zero attached hydrogens (tertiary/aromatic N) is 4. The van der Waals surface area contributed by atoms with E-state index >= 15 is 0 Å². The number of piperidine rings is 1. The molecule has 1 saturated heterocycles. The molecule has 9 heteroatoms. The van der Waals surface area contributed by atoms with E-state index in [1.165, 1.54) is 31.7 Å². The van der Waals surface area contributed by atoms with Crippen molar-refractivity contribution >= 4 is 10.8 Å². The van der Waals surface area contributed by atoms with Gasteiger partial charge in [-0.15, -0.1) is 0 Å². The van der Waals surface area contributed by atoms with Crippen LogP contribution in [0.3, 0.4) is 0 Å². The molecule has 5 nitrogen and oxygen atoms in total. The van der Waals surface area contributed by atoms with Crippen molar-refractivity contribution in [2.45, 2.75) is 70.6 Å². The van der Waals surface area contributed by atoms with Gasteiger partial charge < -0.3 is 4.90 Å². The first-order chi connectivity index (χ1) is 16.7. The number of aromatic nitrogens is 3. The standard InChI is InChI=1S/C26H35F3N4OS/c1-4-35(34)15-17-7-6-10-32(14-17)18-11-19-20(12-18)25(19)23-13-22(31-33(23)16(2)3)21-8-5-9-24(30-21)26(27,28)29/h5,8-9,13,16-20,25H,4,6-7,10-12,14-15H2,1-3H3. The van der Waals surface area contributed by atoms with Crippen molar-refractivity contribution in [1.82, 2.24) is 19.7 Å². The Morgan fingerprint density at radius 1 is 1.17 bits per heavy atom. The minimum atomic E-state index is -4.47. The maximum absolute atomic E-state index is 13.2. The average Bonchev–Trinajstić information content (AvgIpc) is 3.17. The summed E-state index contributed by atoms with van der Waals surface area (Å²) in [5, 5.41) is 4.69. The van der Waals surface area contributed by atoms with Gasteiger partial charge in [-0.1, -0.05) is 13.0 Å². The van der Waals surface area contributed by atoms with Crippen LogP contribution in [0.15, 0.2) is 24.3 Å². The number of pyridine rings is 1. The summed E-state index contributed by atoms with van der Waals surface area (Å²) in [5.41, 5.74) is 1.04. The number of fused-ring (bicyclic) bond motifs is 1. The average molecular weight is 509 g/mol. The van der Waals surface area contributed by atoms with Gasteiger partial charge in [0, 0.05) is 52.5 Å². The first-order valence-electron chi connectivity index (χ1n) is 12.9. The lowest BCUT2D eigenvalue weighted by Crippen LogP contribution is -2.43. The molecule has 4 unspecified atom stereocenters. The number of alkyl halides is 3. The third kappa shape index (κ3) is 5.08. The highest BCUT2D eigenvalue weighted by Gasteiger charge is 2.58. The fourth-order valence-corrected chi connectivity index (χ4v) is 7.46. The molecule has 1 aliphatic heterocycles. The van der Waals surface area contributed by atoms with Crippen molar-refractivity contribution in [3.8, 4) is 11.4 Å². The summed E-state index contributed by atoms with van der Waals surface area (Å²) in [7, 11) is -0.701. The molecule has 192 valence electrons. The predicted octanol–water partition coefficient (Wildman–Crippen LogP) is 5.52. The molecule has 3 heterocycles. The fourth-order valence-electron chi connectivity index (χ4n) is 6.43. The molecule has 0 N–H and O–H groups in total. The molecule has 0 amide bonds. The fraction of sp³-hybridized carbons (Fsp3) is 0.692. The summed E-state index contributed by atoms with van der Waals surface area (Å²) < 4.78 is 53.6. The highest BCUT2D eigenvalue weighted by Crippen LogP contribution is 2.64. The summed E-state index contributed by atoms with van der Waals surface area (Å²) in [6.07, 6.45) is 0.235. The quantitative estimate of drug-likeness (QED) is 0.494. The van der Waals surface area contributed by atoms with Crippen LogP contribution < -0.4 is 0 Å². The van der Waals surface area contributed by atoms with E-state index in [0.717, 1.165) is 36.4 Å². The Morgan fingerprint density at radius 3 is 2.57 bits per heavy atom. The molecular formula is C26H35F3N4OS. The van der Waals surface area contributed by atoms with Gasteiger partial charge in [0.15, 0.2) is 0 Å². The van der Waals surface area contributed by atoms with Crippen LogP contribution in [-0.4, -0.2) is 54.5 Å². The first-order valence-corrected chi connectivity index (χ1v) is 14.4. The van der Waals surface area contributed by atoms with Crippen molar-refractivity contribution in [2.24, 2.45) is 17.8 Å². The number of likely N-dealkylation sites (tertiary alicyclic amines) is 1. The maximum atomic E-state index is 13.2. The van der Waals surface area contributed by atoms with Crippen LogP contribution in [0.5, 0.6) is 0 Å². The van der Waals surface area contributed by atoms with Crippen LogP contribution in [0.1, 0.15) is 69.8 Å². The Balaban J connectivity index is 1.28. The van der Waals surface area contributed by atoms with Crippen LogP contribution >= 0.6 is 0 Å². The lowest BCUT2D eigenvalue weighted by molar-refractivity contribution is -0.141. The molecule has 2 aromatic heterocycles. The van der Waals surface area contributed by atoms with Gasteiger partial charge in [-0.05, 0) is 82.0 Å². The van der Waals surface area contributed by atoms with Crippen molar-refractivity contribution < 1.29 is 17.4 Å². The second-order valence-electron chi connectivity index (χ2n) is 10.8. The van der Waals surface area contributed by atoms with E-state index < -0.39 is 22.7 Å². The lowest BCUT2D eigenvalue weighted by Gasteiger charge is -2.37. The predicted molar refractivity (Wildman–Crippen MR) is 131 cm³/mol. The van der Waals surface area contributed by atoms with Crippen LogP contribution in [0.25, 0.3) is 11.4 Å². The smallest absolute Gasteiger partial charge is 0.300 e. The van der Waals surface area contributed by atoms with Gasteiger partial charge in [-0.3, -0.25) is 8.89 Å². The van der Waals surface area contributed by atoms with Gasteiger partial charge in [0.1, 0.15) is 11.4 Å². The second kappa shape index (κ2) is 9.61. The number of halogens is 3. The van der Waals surface area contributed by atoms with Crippen molar-refractivity contribution in [3.05, 3.63) is 35.7 Å². The van der Waals surface area contributed by atoms with E-state index in [0.29, 0.717) is 35.4 Å². The molecule has 0 aromatic carbocycles. The molecule has 3 fully saturated rings. The zero-order valence-corrected chi connectivity index (χ0v) is 21.5. The van der Waals surface area contributed by atoms with E-state index in [4.69, 9.17) is 5.10 Å². The molecule has 5 rings (SSSR count). The summed E-state index contributed by atoms with van der Waals surface area (Å²) in [6, 6.07) is 6.70. The lowest BCUT2D eigenvalue weighted by atomic mass is 9.95. The van der Waals surface area contributed by atoms with Gasteiger partial charge in [0.2, 0.25) is 0 Å². The minimum Gasteiger partial charge on any atom is -0.300 e. The van der Waals surface area contributed by atoms with Crippen molar-refractivity contribution in [3.63, 3.8) is 0 Å². The molecule has 0 bridgehead atoms. The minimum absolute atomic E-state index is 0.129.